The van der Waals surface area contributed by atoms with E-state index in [2.05, 4.69) is 4.98 Å². The Morgan fingerprint density at radius 1 is 1.24 bits per heavy atom. The highest BCUT2D eigenvalue weighted by atomic mass is 32.2. The standard InChI is InChI=1S/C22H23F4N3O4S/c1-13-9-17(21(30)28-34(31,32)16-5-6-16)18(23)10-19(13)33-12-15-3-2-8-29(15)20-7-4-14(11-27-20)22(24,25)26/h4,7,9-11,15-16H,2-3,5-6,8,12H2,1H3,(H,28,30). The molecule has 1 amide bonds. The molecule has 7 nitrogen and oxygen atoms in total. The van der Waals surface area contributed by atoms with E-state index in [0.717, 1.165) is 24.8 Å². The number of carbonyl (C=O) groups is 1. The van der Waals surface area contributed by atoms with Crippen LogP contribution < -0.4 is 14.4 Å². The van der Waals surface area contributed by atoms with Gasteiger partial charge in [0.1, 0.15) is 24.0 Å². The Balaban J connectivity index is 1.42. The number of aryl methyl sites for hydroxylation is 1. The Hall–Kier alpha value is -2.89. The number of anilines is 1. The molecule has 1 aliphatic carbocycles. The fraction of sp³-hybridized carbons (Fsp3) is 0.455. The predicted molar refractivity (Wildman–Crippen MR) is 116 cm³/mol. The third-order valence-electron chi connectivity index (χ3n) is 5.89. The summed E-state index contributed by atoms with van der Waals surface area (Å²) < 4.78 is 84.6. The van der Waals surface area contributed by atoms with Crippen molar-refractivity contribution in [2.45, 2.75) is 50.1 Å². The van der Waals surface area contributed by atoms with E-state index in [1.165, 1.54) is 12.1 Å². The summed E-state index contributed by atoms with van der Waals surface area (Å²) in [6.45, 7) is 2.32. The van der Waals surface area contributed by atoms with E-state index in [4.69, 9.17) is 4.74 Å². The van der Waals surface area contributed by atoms with Gasteiger partial charge in [-0.1, -0.05) is 0 Å². The molecule has 1 aliphatic heterocycles. The largest absolute Gasteiger partial charge is 0.491 e. The minimum absolute atomic E-state index is 0.130. The van der Waals surface area contributed by atoms with Gasteiger partial charge in [-0.05, 0) is 56.4 Å². The molecule has 0 radical (unpaired) electrons. The van der Waals surface area contributed by atoms with E-state index in [1.54, 1.807) is 6.92 Å². The highest BCUT2D eigenvalue weighted by molar-refractivity contribution is 7.91. The quantitative estimate of drug-likeness (QED) is 0.581. The van der Waals surface area contributed by atoms with Crippen molar-refractivity contribution >= 4 is 21.7 Å². The van der Waals surface area contributed by atoms with Crippen LogP contribution in [0.4, 0.5) is 23.4 Å². The van der Waals surface area contributed by atoms with Gasteiger partial charge in [0.05, 0.1) is 22.4 Å². The summed E-state index contributed by atoms with van der Waals surface area (Å²) in [5.41, 5.74) is -0.790. The number of hydrogen-bond acceptors (Lipinski definition) is 6. The van der Waals surface area contributed by atoms with Crippen LogP contribution in [0.3, 0.4) is 0 Å². The van der Waals surface area contributed by atoms with Gasteiger partial charge in [0, 0.05) is 18.8 Å². The van der Waals surface area contributed by atoms with Crippen LogP contribution in [0.25, 0.3) is 0 Å². The Morgan fingerprint density at radius 3 is 2.59 bits per heavy atom. The van der Waals surface area contributed by atoms with Crippen molar-refractivity contribution in [2.24, 2.45) is 0 Å². The molecule has 2 aromatic rings. The highest BCUT2D eigenvalue weighted by Gasteiger charge is 2.37. The number of nitrogens with zero attached hydrogens (tertiary/aromatic N) is 2. The van der Waals surface area contributed by atoms with Gasteiger partial charge in [-0.3, -0.25) is 4.79 Å². The molecule has 1 atom stereocenters. The summed E-state index contributed by atoms with van der Waals surface area (Å²) in [7, 11) is -3.81. The molecule has 1 unspecified atom stereocenters. The van der Waals surface area contributed by atoms with Crippen molar-refractivity contribution in [3.8, 4) is 5.75 Å². The summed E-state index contributed by atoms with van der Waals surface area (Å²) in [5.74, 6) is -1.37. The Kier molecular flexibility index (Phi) is 6.45. The number of rotatable bonds is 7. The van der Waals surface area contributed by atoms with Crippen LogP contribution in [0.5, 0.6) is 5.75 Å². The van der Waals surface area contributed by atoms with Crippen LogP contribution in [-0.2, 0) is 16.2 Å². The number of amides is 1. The van der Waals surface area contributed by atoms with E-state index < -0.39 is 44.3 Å². The van der Waals surface area contributed by atoms with Crippen molar-refractivity contribution in [1.82, 2.24) is 9.71 Å². The molecule has 2 fully saturated rings. The fourth-order valence-corrected chi connectivity index (χ4v) is 5.15. The van der Waals surface area contributed by atoms with Gasteiger partial charge < -0.3 is 9.64 Å². The number of aromatic nitrogens is 1. The van der Waals surface area contributed by atoms with Crippen LogP contribution >= 0.6 is 0 Å². The van der Waals surface area contributed by atoms with Crippen LogP contribution in [0.15, 0.2) is 30.5 Å². The Bertz CT molecular complexity index is 1180. The predicted octanol–water partition coefficient (Wildman–Crippen LogP) is 3.82. The van der Waals surface area contributed by atoms with E-state index in [1.807, 2.05) is 9.62 Å². The maximum atomic E-state index is 14.6. The second kappa shape index (κ2) is 9.05. The maximum Gasteiger partial charge on any atom is 0.417 e. The first kappa shape index (κ1) is 24.2. The van der Waals surface area contributed by atoms with Crippen molar-refractivity contribution in [2.75, 3.05) is 18.1 Å². The number of sulfonamides is 1. The molecule has 1 aromatic carbocycles. The number of nitrogens with one attached hydrogen (secondary N) is 1. The summed E-state index contributed by atoms with van der Waals surface area (Å²) >= 11 is 0. The van der Waals surface area contributed by atoms with Crippen molar-refractivity contribution in [3.05, 3.63) is 53.0 Å². The molecule has 1 saturated heterocycles. The zero-order chi connectivity index (χ0) is 24.7. The number of halogens is 4. The van der Waals surface area contributed by atoms with E-state index >= 15 is 0 Å². The van der Waals surface area contributed by atoms with Gasteiger partial charge in [-0.15, -0.1) is 0 Å². The average Bonchev–Trinajstić information content (AvgIpc) is 3.53. The van der Waals surface area contributed by atoms with E-state index in [0.29, 0.717) is 37.2 Å². The monoisotopic (exact) mass is 501 g/mol. The van der Waals surface area contributed by atoms with Crippen LogP contribution in [0.2, 0.25) is 0 Å². The third-order valence-corrected chi connectivity index (χ3v) is 7.70. The molecule has 12 heteroatoms. The molecular weight excluding hydrogens is 478 g/mol. The summed E-state index contributed by atoms with van der Waals surface area (Å²) in [6.07, 6.45) is -1.24. The fourth-order valence-electron chi connectivity index (χ4n) is 3.86. The van der Waals surface area contributed by atoms with Gasteiger partial charge in [-0.25, -0.2) is 22.5 Å². The lowest BCUT2D eigenvalue weighted by molar-refractivity contribution is -0.137. The summed E-state index contributed by atoms with van der Waals surface area (Å²) in [5, 5.41) is -0.614. The molecule has 4 rings (SSSR count). The lowest BCUT2D eigenvalue weighted by Gasteiger charge is -2.26. The van der Waals surface area contributed by atoms with E-state index in [-0.39, 0.29) is 18.4 Å². The maximum absolute atomic E-state index is 14.6. The molecule has 0 bridgehead atoms. The number of carbonyl (C=O) groups excluding carboxylic acids is 1. The number of pyridine rings is 1. The molecule has 2 heterocycles. The van der Waals surface area contributed by atoms with Crippen molar-refractivity contribution < 1.29 is 35.5 Å². The molecule has 34 heavy (non-hydrogen) atoms. The number of ether oxygens (including phenoxy) is 1. The van der Waals surface area contributed by atoms with E-state index in [9.17, 15) is 30.8 Å². The normalized spacial score (nSPS) is 18.7. The minimum atomic E-state index is -4.47. The zero-order valence-corrected chi connectivity index (χ0v) is 19.0. The number of benzene rings is 1. The van der Waals surface area contributed by atoms with Crippen molar-refractivity contribution in [3.63, 3.8) is 0 Å². The number of hydrogen-bond donors (Lipinski definition) is 1. The third kappa shape index (κ3) is 5.26. The molecule has 1 N–H and O–H groups in total. The Labute approximate surface area is 194 Å². The minimum Gasteiger partial charge on any atom is -0.491 e. The molecular formula is C22H23F4N3O4S. The molecule has 0 spiro atoms. The second-order valence-electron chi connectivity index (χ2n) is 8.48. The van der Waals surface area contributed by atoms with Crippen LogP contribution in [0.1, 0.15) is 47.2 Å². The average molecular weight is 502 g/mol. The van der Waals surface area contributed by atoms with Crippen LogP contribution in [-0.4, -0.2) is 43.8 Å². The number of alkyl halides is 3. The Morgan fingerprint density at radius 2 is 1.97 bits per heavy atom. The van der Waals surface area contributed by atoms with Gasteiger partial charge >= 0.3 is 6.18 Å². The van der Waals surface area contributed by atoms with Crippen LogP contribution in [0, 0.1) is 12.7 Å². The first-order valence-corrected chi connectivity index (χ1v) is 12.3. The van der Waals surface area contributed by atoms with Gasteiger partial charge in [0.25, 0.3) is 5.91 Å². The van der Waals surface area contributed by atoms with Gasteiger partial charge in [0.15, 0.2) is 0 Å². The lowest BCUT2D eigenvalue weighted by atomic mass is 10.1. The zero-order valence-electron chi connectivity index (χ0n) is 18.2. The molecule has 184 valence electrons. The highest BCUT2D eigenvalue weighted by Crippen LogP contribution is 2.32. The van der Waals surface area contributed by atoms with Gasteiger partial charge in [-0.2, -0.15) is 13.2 Å². The molecule has 1 saturated carbocycles. The topological polar surface area (TPSA) is 88.6 Å². The van der Waals surface area contributed by atoms with Crippen molar-refractivity contribution in [1.29, 1.82) is 0 Å². The van der Waals surface area contributed by atoms with Gasteiger partial charge in [0.2, 0.25) is 10.0 Å². The smallest absolute Gasteiger partial charge is 0.417 e. The summed E-state index contributed by atoms with van der Waals surface area (Å²) in [6, 6.07) is 4.37. The molecule has 1 aromatic heterocycles. The summed E-state index contributed by atoms with van der Waals surface area (Å²) in [4.78, 5) is 18.1. The first-order valence-electron chi connectivity index (χ1n) is 10.7. The molecule has 2 aliphatic rings. The lowest BCUT2D eigenvalue weighted by Crippen LogP contribution is -2.35. The first-order chi connectivity index (χ1) is 16.0. The second-order valence-corrected chi connectivity index (χ2v) is 10.4. The SMILES string of the molecule is Cc1cc(C(=O)NS(=O)(=O)C2CC2)c(F)cc1OCC1CCCN1c1ccc(C(F)(F)F)cn1.